The molecule has 0 saturated heterocycles. The summed E-state index contributed by atoms with van der Waals surface area (Å²) in [7, 11) is 0. The van der Waals surface area contributed by atoms with E-state index in [1.165, 1.54) is 6.07 Å². The molecular formula is C8H7NO3. The number of nitro groups is 1. The summed E-state index contributed by atoms with van der Waals surface area (Å²) < 4.78 is 0. The van der Waals surface area contributed by atoms with Crippen LogP contribution in [0.25, 0.3) is 0 Å². The number of carbonyl (C=O) groups is 1. The monoisotopic (exact) mass is 165 g/mol. The first-order chi connectivity index (χ1) is 5.72. The molecule has 0 N–H and O–H groups in total. The molecule has 0 atom stereocenters. The van der Waals surface area contributed by atoms with Crippen molar-refractivity contribution >= 4 is 6.29 Å². The molecule has 0 aliphatic heterocycles. The van der Waals surface area contributed by atoms with Crippen LogP contribution in [0.5, 0.6) is 0 Å². The van der Waals surface area contributed by atoms with Crippen molar-refractivity contribution in [2.45, 2.75) is 6.54 Å². The zero-order valence-corrected chi connectivity index (χ0v) is 6.27. The summed E-state index contributed by atoms with van der Waals surface area (Å²) in [5, 5.41) is 10.1. The molecule has 0 amide bonds. The molecule has 0 fully saturated rings. The van der Waals surface area contributed by atoms with Gasteiger partial charge in [-0.2, -0.15) is 0 Å². The van der Waals surface area contributed by atoms with Gasteiger partial charge in [0.05, 0.1) is 0 Å². The van der Waals surface area contributed by atoms with Gasteiger partial charge in [0.25, 0.3) is 0 Å². The summed E-state index contributed by atoms with van der Waals surface area (Å²) in [4.78, 5) is 19.9. The summed E-state index contributed by atoms with van der Waals surface area (Å²) in [6.07, 6.45) is 0.670. The highest BCUT2D eigenvalue weighted by molar-refractivity contribution is 5.74. The van der Waals surface area contributed by atoms with E-state index >= 15 is 0 Å². The Kier molecular flexibility index (Phi) is 2.53. The fourth-order valence-corrected chi connectivity index (χ4v) is 0.914. The maximum Gasteiger partial charge on any atom is 0.228 e. The van der Waals surface area contributed by atoms with Gasteiger partial charge >= 0.3 is 0 Å². The Labute approximate surface area is 69.0 Å². The number of aldehydes is 1. The molecule has 0 aromatic heterocycles. The van der Waals surface area contributed by atoms with Crippen molar-refractivity contribution in [3.8, 4) is 0 Å². The third kappa shape index (κ3) is 2.16. The average Bonchev–Trinajstić information content (AvgIpc) is 2.03. The fraction of sp³-hybridized carbons (Fsp3) is 0.125. The lowest BCUT2D eigenvalue weighted by molar-refractivity contribution is -0.496. The molecule has 0 aliphatic rings. The van der Waals surface area contributed by atoms with E-state index in [2.05, 4.69) is 0 Å². The number of rotatable bonds is 3. The highest BCUT2D eigenvalue weighted by Crippen LogP contribution is 2.03. The van der Waals surface area contributed by atoms with Crippen molar-refractivity contribution in [2.75, 3.05) is 0 Å². The lowest BCUT2D eigenvalue weighted by Crippen LogP contribution is -1.98. The van der Waals surface area contributed by atoms with E-state index in [1.54, 1.807) is 18.2 Å². The first kappa shape index (κ1) is 8.39. The molecule has 0 unspecified atom stereocenters. The van der Waals surface area contributed by atoms with Crippen LogP contribution >= 0.6 is 0 Å². The average molecular weight is 165 g/mol. The SMILES string of the molecule is O=Cc1cccc(C[N+](=O)[O-])c1. The highest BCUT2D eigenvalue weighted by Gasteiger charge is 2.00. The van der Waals surface area contributed by atoms with Crippen LogP contribution in [0, 0.1) is 10.1 Å². The Morgan fingerprint density at radius 3 is 2.83 bits per heavy atom. The molecule has 0 aliphatic carbocycles. The van der Waals surface area contributed by atoms with Gasteiger partial charge in [-0.3, -0.25) is 14.9 Å². The maximum atomic E-state index is 10.3. The Bertz CT molecular complexity index is 309. The van der Waals surface area contributed by atoms with Crippen molar-refractivity contribution < 1.29 is 9.72 Å². The first-order valence-corrected chi connectivity index (χ1v) is 3.38. The van der Waals surface area contributed by atoms with Crippen LogP contribution in [-0.4, -0.2) is 11.2 Å². The lowest BCUT2D eigenvalue weighted by atomic mass is 10.1. The zero-order valence-electron chi connectivity index (χ0n) is 6.27. The minimum absolute atomic E-state index is 0.234. The maximum absolute atomic E-state index is 10.3. The third-order valence-electron chi connectivity index (χ3n) is 1.40. The van der Waals surface area contributed by atoms with Crippen molar-refractivity contribution in [1.29, 1.82) is 0 Å². The van der Waals surface area contributed by atoms with E-state index in [0.717, 1.165) is 0 Å². The lowest BCUT2D eigenvalue weighted by Gasteiger charge is -1.94. The first-order valence-electron chi connectivity index (χ1n) is 3.38. The zero-order chi connectivity index (χ0) is 8.97. The van der Waals surface area contributed by atoms with E-state index in [4.69, 9.17) is 0 Å². The number of benzene rings is 1. The number of hydrogen-bond donors (Lipinski definition) is 0. The normalized spacial score (nSPS) is 9.33. The summed E-state index contributed by atoms with van der Waals surface area (Å²) in [6.45, 7) is -0.234. The van der Waals surface area contributed by atoms with Crippen LogP contribution in [0.4, 0.5) is 0 Å². The van der Waals surface area contributed by atoms with Crippen molar-refractivity contribution in [2.24, 2.45) is 0 Å². The predicted octanol–water partition coefficient (Wildman–Crippen LogP) is 1.28. The smallest absolute Gasteiger partial charge is 0.228 e. The second-order valence-electron chi connectivity index (χ2n) is 2.35. The van der Waals surface area contributed by atoms with E-state index in [1.807, 2.05) is 0 Å². The Balaban J connectivity index is 2.86. The molecule has 4 nitrogen and oxygen atoms in total. The molecular weight excluding hydrogens is 158 g/mol. The number of carbonyl (C=O) groups excluding carboxylic acids is 1. The summed E-state index contributed by atoms with van der Waals surface area (Å²) in [5.74, 6) is 0. The van der Waals surface area contributed by atoms with E-state index < -0.39 is 4.92 Å². The van der Waals surface area contributed by atoms with Crippen LogP contribution < -0.4 is 0 Å². The van der Waals surface area contributed by atoms with Crippen molar-refractivity contribution in [1.82, 2.24) is 0 Å². The van der Waals surface area contributed by atoms with Gasteiger partial charge < -0.3 is 0 Å². The van der Waals surface area contributed by atoms with Crippen LogP contribution in [0.15, 0.2) is 24.3 Å². The summed E-state index contributed by atoms with van der Waals surface area (Å²) in [6, 6.07) is 6.37. The summed E-state index contributed by atoms with van der Waals surface area (Å²) in [5.41, 5.74) is 1.01. The second-order valence-corrected chi connectivity index (χ2v) is 2.35. The largest absolute Gasteiger partial charge is 0.298 e. The van der Waals surface area contributed by atoms with Gasteiger partial charge in [0.1, 0.15) is 6.29 Å². The topological polar surface area (TPSA) is 60.2 Å². The van der Waals surface area contributed by atoms with Crippen LogP contribution in [-0.2, 0) is 6.54 Å². The third-order valence-corrected chi connectivity index (χ3v) is 1.40. The van der Waals surface area contributed by atoms with Gasteiger partial charge in [0.15, 0.2) is 0 Å². The van der Waals surface area contributed by atoms with Crippen LogP contribution in [0.2, 0.25) is 0 Å². The second kappa shape index (κ2) is 3.61. The van der Waals surface area contributed by atoms with Gasteiger partial charge in [0, 0.05) is 16.1 Å². The molecule has 0 heterocycles. The minimum atomic E-state index is -0.427. The van der Waals surface area contributed by atoms with Crippen molar-refractivity contribution in [3.63, 3.8) is 0 Å². The molecule has 12 heavy (non-hydrogen) atoms. The number of hydrogen-bond acceptors (Lipinski definition) is 3. The Morgan fingerprint density at radius 1 is 1.50 bits per heavy atom. The Hall–Kier alpha value is -1.71. The molecule has 1 aromatic carbocycles. The molecule has 0 spiro atoms. The molecule has 0 saturated carbocycles. The van der Waals surface area contributed by atoms with E-state index in [-0.39, 0.29) is 6.54 Å². The van der Waals surface area contributed by atoms with Crippen molar-refractivity contribution in [3.05, 3.63) is 45.5 Å². The van der Waals surface area contributed by atoms with Gasteiger partial charge in [-0.1, -0.05) is 18.2 Å². The van der Waals surface area contributed by atoms with Gasteiger partial charge in [-0.15, -0.1) is 0 Å². The minimum Gasteiger partial charge on any atom is -0.298 e. The Morgan fingerprint density at radius 2 is 2.25 bits per heavy atom. The van der Waals surface area contributed by atoms with Gasteiger partial charge in [-0.25, -0.2) is 0 Å². The molecule has 0 bridgehead atoms. The molecule has 1 rings (SSSR count). The number of nitrogens with zero attached hydrogens (tertiary/aromatic N) is 1. The van der Waals surface area contributed by atoms with Gasteiger partial charge in [-0.05, 0) is 6.07 Å². The fourth-order valence-electron chi connectivity index (χ4n) is 0.914. The highest BCUT2D eigenvalue weighted by atomic mass is 16.6. The molecule has 0 radical (unpaired) electrons. The van der Waals surface area contributed by atoms with E-state index in [9.17, 15) is 14.9 Å². The standard InChI is InChI=1S/C8H7NO3/c10-6-8-3-1-2-7(4-8)5-9(11)12/h1-4,6H,5H2. The quantitative estimate of drug-likeness (QED) is 0.385. The molecule has 1 aromatic rings. The molecule has 62 valence electrons. The van der Waals surface area contributed by atoms with E-state index in [0.29, 0.717) is 17.4 Å². The molecule has 4 heteroatoms. The predicted molar refractivity (Wildman–Crippen MR) is 42.5 cm³/mol. The van der Waals surface area contributed by atoms with Crippen LogP contribution in [0.1, 0.15) is 15.9 Å². The van der Waals surface area contributed by atoms with Crippen LogP contribution in [0.3, 0.4) is 0 Å². The summed E-state index contributed by atoms with van der Waals surface area (Å²) >= 11 is 0. The van der Waals surface area contributed by atoms with Gasteiger partial charge in [0.2, 0.25) is 6.54 Å².